The van der Waals surface area contributed by atoms with Gasteiger partial charge in [-0.3, -0.25) is 4.79 Å². The normalized spacial score (nSPS) is 27.7. The Hall–Kier alpha value is -1.10. The standard InChI is InChI=1S/C17H22ClNO3/c1-21-15-8-10-19(14-9-11-22-17(14)15)16(20)7-4-12-2-5-13(18)6-3-12/h2-3,5-6,14-15,17H,4,7-11H2,1H3/t14-,15-,17-/m1/s1. The second-order valence-electron chi connectivity index (χ2n) is 5.97. The zero-order valence-corrected chi connectivity index (χ0v) is 13.6. The second kappa shape index (κ2) is 6.99. The SMILES string of the molecule is CO[C@@H]1CCN(C(=O)CCc2ccc(Cl)cc2)[C@@H]2CCO[C@H]21. The maximum Gasteiger partial charge on any atom is 0.223 e. The number of carbonyl (C=O) groups is 1. The summed E-state index contributed by atoms with van der Waals surface area (Å²) in [6.45, 7) is 1.48. The number of likely N-dealkylation sites (tertiary alicyclic amines) is 1. The van der Waals surface area contributed by atoms with E-state index in [9.17, 15) is 4.79 Å². The first-order valence-electron chi connectivity index (χ1n) is 7.87. The van der Waals surface area contributed by atoms with E-state index in [0.29, 0.717) is 6.42 Å². The number of halogens is 1. The molecule has 0 aromatic heterocycles. The first-order valence-corrected chi connectivity index (χ1v) is 8.25. The topological polar surface area (TPSA) is 38.8 Å². The fourth-order valence-electron chi connectivity index (χ4n) is 3.49. The molecule has 1 amide bonds. The van der Waals surface area contributed by atoms with E-state index in [1.54, 1.807) is 7.11 Å². The van der Waals surface area contributed by atoms with Crippen molar-refractivity contribution in [3.8, 4) is 0 Å². The van der Waals surface area contributed by atoms with Crippen LogP contribution in [0.5, 0.6) is 0 Å². The summed E-state index contributed by atoms with van der Waals surface area (Å²) in [5, 5.41) is 0.725. The third kappa shape index (κ3) is 3.29. The van der Waals surface area contributed by atoms with Crippen molar-refractivity contribution in [1.29, 1.82) is 0 Å². The molecule has 2 aliphatic heterocycles. The number of rotatable bonds is 4. The quantitative estimate of drug-likeness (QED) is 0.855. The fourth-order valence-corrected chi connectivity index (χ4v) is 3.62. The minimum absolute atomic E-state index is 0.0400. The molecule has 3 rings (SSSR count). The van der Waals surface area contributed by atoms with E-state index in [1.807, 2.05) is 29.2 Å². The molecular formula is C17H22ClNO3. The zero-order chi connectivity index (χ0) is 15.5. The first-order chi connectivity index (χ1) is 10.7. The van der Waals surface area contributed by atoms with E-state index >= 15 is 0 Å². The summed E-state index contributed by atoms with van der Waals surface area (Å²) < 4.78 is 11.3. The molecule has 2 fully saturated rings. The van der Waals surface area contributed by atoms with E-state index < -0.39 is 0 Å². The van der Waals surface area contributed by atoms with Crippen molar-refractivity contribution in [1.82, 2.24) is 4.90 Å². The average molecular weight is 324 g/mol. The van der Waals surface area contributed by atoms with E-state index in [-0.39, 0.29) is 24.2 Å². The lowest BCUT2D eigenvalue weighted by Gasteiger charge is -2.40. The van der Waals surface area contributed by atoms with Crippen molar-refractivity contribution in [3.63, 3.8) is 0 Å². The number of amides is 1. The van der Waals surface area contributed by atoms with Crippen molar-refractivity contribution in [2.45, 2.75) is 43.9 Å². The van der Waals surface area contributed by atoms with Crippen LogP contribution in [0.25, 0.3) is 0 Å². The van der Waals surface area contributed by atoms with Crippen molar-refractivity contribution in [3.05, 3.63) is 34.9 Å². The van der Waals surface area contributed by atoms with Crippen LogP contribution in [0.4, 0.5) is 0 Å². The van der Waals surface area contributed by atoms with Crippen LogP contribution in [0.3, 0.4) is 0 Å². The monoisotopic (exact) mass is 323 g/mol. The minimum Gasteiger partial charge on any atom is -0.379 e. The summed E-state index contributed by atoms with van der Waals surface area (Å²) >= 11 is 5.88. The number of hydrogen-bond donors (Lipinski definition) is 0. The largest absolute Gasteiger partial charge is 0.379 e. The Morgan fingerprint density at radius 3 is 2.86 bits per heavy atom. The van der Waals surface area contributed by atoms with E-state index in [1.165, 1.54) is 0 Å². The Morgan fingerprint density at radius 2 is 2.14 bits per heavy atom. The maximum atomic E-state index is 12.6. The Labute approximate surface area is 136 Å². The number of aryl methyl sites for hydroxylation is 1. The molecule has 0 radical (unpaired) electrons. The molecular weight excluding hydrogens is 302 g/mol. The van der Waals surface area contributed by atoms with Crippen LogP contribution in [0.2, 0.25) is 5.02 Å². The Kier molecular flexibility index (Phi) is 5.01. The fraction of sp³-hybridized carbons (Fsp3) is 0.588. The van der Waals surface area contributed by atoms with Crippen LogP contribution in [0.1, 0.15) is 24.8 Å². The lowest BCUT2D eigenvalue weighted by atomic mass is 9.95. The summed E-state index contributed by atoms with van der Waals surface area (Å²) in [4.78, 5) is 14.6. The summed E-state index contributed by atoms with van der Waals surface area (Å²) in [7, 11) is 1.72. The molecule has 2 aliphatic rings. The molecule has 0 bridgehead atoms. The molecule has 4 nitrogen and oxygen atoms in total. The Balaban J connectivity index is 1.59. The van der Waals surface area contributed by atoms with Crippen LogP contribution < -0.4 is 0 Å². The van der Waals surface area contributed by atoms with E-state index in [4.69, 9.17) is 21.1 Å². The molecule has 3 atom stereocenters. The molecule has 2 saturated heterocycles. The Bertz CT molecular complexity index is 519. The predicted molar refractivity (Wildman–Crippen MR) is 85.0 cm³/mol. The van der Waals surface area contributed by atoms with Gasteiger partial charge in [-0.15, -0.1) is 0 Å². The van der Waals surface area contributed by atoms with Crippen LogP contribution in [0, 0.1) is 0 Å². The highest BCUT2D eigenvalue weighted by Gasteiger charge is 2.43. The third-order valence-electron chi connectivity index (χ3n) is 4.69. The van der Waals surface area contributed by atoms with Gasteiger partial charge in [0.2, 0.25) is 5.91 Å². The molecule has 0 spiro atoms. The molecule has 1 aromatic carbocycles. The highest BCUT2D eigenvalue weighted by atomic mass is 35.5. The highest BCUT2D eigenvalue weighted by molar-refractivity contribution is 6.30. The van der Waals surface area contributed by atoms with Gasteiger partial charge in [0.05, 0.1) is 12.1 Å². The molecule has 0 N–H and O–H groups in total. The first kappa shape index (κ1) is 15.8. The van der Waals surface area contributed by atoms with Crippen molar-refractivity contribution in [2.75, 3.05) is 20.3 Å². The number of piperidine rings is 1. The summed E-state index contributed by atoms with van der Waals surface area (Å²) in [6.07, 6.45) is 3.20. The number of carbonyl (C=O) groups excluding carboxylic acids is 1. The maximum absolute atomic E-state index is 12.6. The van der Waals surface area contributed by atoms with Gasteiger partial charge in [0, 0.05) is 31.7 Å². The number of benzene rings is 1. The zero-order valence-electron chi connectivity index (χ0n) is 12.8. The van der Waals surface area contributed by atoms with E-state index in [0.717, 1.165) is 43.0 Å². The van der Waals surface area contributed by atoms with Crippen LogP contribution in [0.15, 0.2) is 24.3 Å². The van der Waals surface area contributed by atoms with Gasteiger partial charge in [0.15, 0.2) is 0 Å². The number of ether oxygens (including phenoxy) is 2. The van der Waals surface area contributed by atoms with Gasteiger partial charge in [0.25, 0.3) is 0 Å². The minimum atomic E-state index is 0.0400. The molecule has 0 aliphatic carbocycles. The molecule has 120 valence electrons. The number of nitrogens with zero attached hydrogens (tertiary/aromatic N) is 1. The average Bonchev–Trinajstić information content (AvgIpc) is 3.02. The van der Waals surface area contributed by atoms with Gasteiger partial charge in [-0.2, -0.15) is 0 Å². The van der Waals surface area contributed by atoms with Gasteiger partial charge in [-0.25, -0.2) is 0 Å². The summed E-state index contributed by atoms with van der Waals surface area (Å²) in [5.74, 6) is 0.213. The van der Waals surface area contributed by atoms with E-state index in [2.05, 4.69) is 0 Å². The van der Waals surface area contributed by atoms with Crippen molar-refractivity contribution in [2.24, 2.45) is 0 Å². The lowest BCUT2D eigenvalue weighted by molar-refractivity contribution is -0.143. The summed E-state index contributed by atoms with van der Waals surface area (Å²) in [6, 6.07) is 7.87. The molecule has 2 heterocycles. The summed E-state index contributed by atoms with van der Waals surface area (Å²) in [5.41, 5.74) is 1.14. The van der Waals surface area contributed by atoms with Crippen LogP contribution in [-0.2, 0) is 20.7 Å². The molecule has 1 aromatic rings. The van der Waals surface area contributed by atoms with Gasteiger partial charge in [-0.1, -0.05) is 23.7 Å². The van der Waals surface area contributed by atoms with Gasteiger partial charge in [-0.05, 0) is 37.0 Å². The van der Waals surface area contributed by atoms with Gasteiger partial charge >= 0.3 is 0 Å². The van der Waals surface area contributed by atoms with Crippen molar-refractivity contribution >= 4 is 17.5 Å². The predicted octanol–water partition coefficient (Wildman–Crippen LogP) is 2.68. The highest BCUT2D eigenvalue weighted by Crippen LogP contribution is 2.30. The molecule has 22 heavy (non-hydrogen) atoms. The number of methoxy groups -OCH3 is 1. The smallest absolute Gasteiger partial charge is 0.223 e. The van der Waals surface area contributed by atoms with Crippen LogP contribution >= 0.6 is 11.6 Å². The number of hydrogen-bond acceptors (Lipinski definition) is 3. The molecule has 5 heteroatoms. The number of fused-ring (bicyclic) bond motifs is 1. The Morgan fingerprint density at radius 1 is 1.36 bits per heavy atom. The third-order valence-corrected chi connectivity index (χ3v) is 4.94. The molecule has 0 unspecified atom stereocenters. The molecule has 0 saturated carbocycles. The second-order valence-corrected chi connectivity index (χ2v) is 6.40. The lowest BCUT2D eigenvalue weighted by Crippen LogP contribution is -2.55. The van der Waals surface area contributed by atoms with Crippen LogP contribution in [-0.4, -0.2) is 49.3 Å². The van der Waals surface area contributed by atoms with Crippen molar-refractivity contribution < 1.29 is 14.3 Å². The van der Waals surface area contributed by atoms with Gasteiger partial charge in [0.1, 0.15) is 6.10 Å². The van der Waals surface area contributed by atoms with Gasteiger partial charge < -0.3 is 14.4 Å².